The van der Waals surface area contributed by atoms with Crippen molar-refractivity contribution in [2.45, 2.75) is 45.7 Å². The van der Waals surface area contributed by atoms with Crippen LogP contribution in [0.4, 0.5) is 0 Å². The van der Waals surface area contributed by atoms with E-state index in [1.807, 2.05) is 13.8 Å². The summed E-state index contributed by atoms with van der Waals surface area (Å²) in [7, 11) is 0. The Bertz CT molecular complexity index is 415. The van der Waals surface area contributed by atoms with Gasteiger partial charge in [-0.05, 0) is 13.3 Å². The van der Waals surface area contributed by atoms with Gasteiger partial charge in [0.2, 0.25) is 11.8 Å². The molecule has 0 fully saturated rings. The number of nitrogens with zero attached hydrogens (tertiary/aromatic N) is 3. The minimum Gasteiger partial charge on any atom is -0.370 e. The molecule has 0 radical (unpaired) electrons. The monoisotopic (exact) mass is 253 g/mol. The lowest BCUT2D eigenvalue weighted by atomic mass is 10.2. The van der Waals surface area contributed by atoms with Gasteiger partial charge in [-0.2, -0.15) is 5.10 Å². The largest absolute Gasteiger partial charge is 0.370 e. The molecule has 1 rings (SSSR count). The maximum atomic E-state index is 11.6. The predicted octanol–water partition coefficient (Wildman–Crippen LogP) is 0.131. The molecule has 0 unspecified atom stereocenters. The fourth-order valence-corrected chi connectivity index (χ4v) is 1.64. The zero-order chi connectivity index (χ0) is 13.5. The minimum atomic E-state index is -0.477. The molecule has 1 aromatic heterocycles. The molecule has 1 heterocycles. The summed E-state index contributed by atoms with van der Waals surface area (Å²) in [4.78, 5) is 26.4. The van der Waals surface area contributed by atoms with Gasteiger partial charge >= 0.3 is 0 Å². The van der Waals surface area contributed by atoms with Crippen molar-refractivity contribution >= 4 is 11.8 Å². The highest BCUT2D eigenvalue weighted by Crippen LogP contribution is 2.13. The molecule has 7 nitrogen and oxygen atoms in total. The van der Waals surface area contributed by atoms with Crippen molar-refractivity contribution in [1.82, 2.24) is 20.1 Å². The average molecular weight is 253 g/mol. The number of hydrogen-bond acceptors (Lipinski definition) is 4. The first-order valence-electron chi connectivity index (χ1n) is 6.03. The predicted molar refractivity (Wildman–Crippen MR) is 65.3 cm³/mol. The highest BCUT2D eigenvalue weighted by atomic mass is 16.2. The second-order valence-electron chi connectivity index (χ2n) is 3.93. The van der Waals surface area contributed by atoms with E-state index in [1.165, 1.54) is 6.33 Å². The normalized spacial score (nSPS) is 12.1. The first-order valence-corrected chi connectivity index (χ1v) is 6.03. The zero-order valence-electron chi connectivity index (χ0n) is 10.7. The maximum Gasteiger partial charge on any atom is 0.221 e. The van der Waals surface area contributed by atoms with Crippen molar-refractivity contribution in [1.29, 1.82) is 0 Å². The Labute approximate surface area is 106 Å². The van der Waals surface area contributed by atoms with Gasteiger partial charge in [0, 0.05) is 19.4 Å². The number of nitrogens with one attached hydrogen (secondary N) is 1. The Morgan fingerprint density at radius 2 is 2.17 bits per heavy atom. The summed E-state index contributed by atoms with van der Waals surface area (Å²) in [5.41, 5.74) is 5.00. The first-order chi connectivity index (χ1) is 8.58. The summed E-state index contributed by atoms with van der Waals surface area (Å²) >= 11 is 0. The number of carbonyl (C=O) groups is 2. The number of amides is 2. The molecular weight excluding hydrogens is 234 g/mol. The van der Waals surface area contributed by atoms with Crippen LogP contribution in [-0.2, 0) is 16.1 Å². The molecule has 2 amide bonds. The number of aromatic nitrogens is 3. The van der Waals surface area contributed by atoms with Crippen LogP contribution >= 0.6 is 0 Å². The molecule has 18 heavy (non-hydrogen) atoms. The van der Waals surface area contributed by atoms with Crippen molar-refractivity contribution in [2.75, 3.05) is 0 Å². The van der Waals surface area contributed by atoms with Gasteiger partial charge in [-0.25, -0.2) is 9.67 Å². The number of carbonyl (C=O) groups excluding carboxylic acids is 2. The van der Waals surface area contributed by atoms with Crippen molar-refractivity contribution in [3.8, 4) is 0 Å². The van der Waals surface area contributed by atoms with Crippen LogP contribution in [0.5, 0.6) is 0 Å². The summed E-state index contributed by atoms with van der Waals surface area (Å²) in [6.07, 6.45) is 2.34. The smallest absolute Gasteiger partial charge is 0.221 e. The average Bonchev–Trinajstić information content (AvgIpc) is 2.81. The van der Waals surface area contributed by atoms with Gasteiger partial charge in [0.1, 0.15) is 12.2 Å². The highest BCUT2D eigenvalue weighted by Gasteiger charge is 2.18. The molecule has 0 aliphatic rings. The van der Waals surface area contributed by atoms with Gasteiger partial charge in [0.15, 0.2) is 0 Å². The third-order valence-electron chi connectivity index (χ3n) is 2.60. The molecule has 1 atom stereocenters. The molecule has 0 aliphatic carbocycles. The number of hydrogen-bond donors (Lipinski definition) is 2. The van der Waals surface area contributed by atoms with Crippen LogP contribution in [-0.4, -0.2) is 26.6 Å². The molecule has 3 N–H and O–H groups in total. The van der Waals surface area contributed by atoms with Gasteiger partial charge in [0.05, 0.1) is 6.04 Å². The van der Waals surface area contributed by atoms with E-state index in [9.17, 15) is 9.59 Å². The van der Waals surface area contributed by atoms with E-state index in [-0.39, 0.29) is 24.8 Å². The maximum absolute atomic E-state index is 11.6. The molecule has 1 aromatic rings. The Morgan fingerprint density at radius 1 is 1.44 bits per heavy atom. The van der Waals surface area contributed by atoms with Gasteiger partial charge in [-0.1, -0.05) is 6.92 Å². The molecule has 7 heteroatoms. The SMILES string of the molecule is CC[C@@H](NC(=O)CCC(N)=O)c1ncnn1CC. The van der Waals surface area contributed by atoms with Crippen LogP contribution in [0, 0.1) is 0 Å². The number of aryl methyl sites for hydroxylation is 1. The third-order valence-corrected chi connectivity index (χ3v) is 2.60. The van der Waals surface area contributed by atoms with Crippen LogP contribution in [0.1, 0.15) is 45.0 Å². The van der Waals surface area contributed by atoms with E-state index in [2.05, 4.69) is 15.4 Å². The lowest BCUT2D eigenvalue weighted by Gasteiger charge is -2.16. The van der Waals surface area contributed by atoms with Gasteiger partial charge < -0.3 is 11.1 Å². The first kappa shape index (κ1) is 14.1. The van der Waals surface area contributed by atoms with Gasteiger partial charge in [-0.15, -0.1) is 0 Å². The molecule has 0 aliphatic heterocycles. The molecule has 0 saturated heterocycles. The fraction of sp³-hybridized carbons (Fsp3) is 0.636. The lowest BCUT2D eigenvalue weighted by Crippen LogP contribution is -2.31. The van der Waals surface area contributed by atoms with E-state index in [0.717, 1.165) is 5.82 Å². The van der Waals surface area contributed by atoms with E-state index < -0.39 is 5.91 Å². The van der Waals surface area contributed by atoms with Gasteiger partial charge in [-0.3, -0.25) is 9.59 Å². The van der Waals surface area contributed by atoms with Crippen LogP contribution in [0.3, 0.4) is 0 Å². The van der Waals surface area contributed by atoms with E-state index in [1.54, 1.807) is 4.68 Å². The standard InChI is InChI=1S/C11H19N5O2/c1-3-8(11-13-7-14-16(11)4-2)15-10(18)6-5-9(12)17/h7-8H,3-6H2,1-2H3,(H2,12,17)(H,15,18)/t8-/m1/s1. The van der Waals surface area contributed by atoms with Crippen molar-refractivity contribution in [3.05, 3.63) is 12.2 Å². The van der Waals surface area contributed by atoms with Gasteiger partial charge in [0.25, 0.3) is 0 Å². The van der Waals surface area contributed by atoms with E-state index >= 15 is 0 Å². The van der Waals surface area contributed by atoms with E-state index in [4.69, 9.17) is 5.73 Å². The summed E-state index contributed by atoms with van der Waals surface area (Å²) in [6, 6.07) is -0.187. The molecule has 100 valence electrons. The molecule has 0 spiro atoms. The molecular formula is C11H19N5O2. The van der Waals surface area contributed by atoms with Crippen molar-refractivity contribution < 1.29 is 9.59 Å². The summed E-state index contributed by atoms with van der Waals surface area (Å²) < 4.78 is 1.74. The van der Waals surface area contributed by atoms with Crippen LogP contribution in [0.15, 0.2) is 6.33 Å². The van der Waals surface area contributed by atoms with Crippen LogP contribution < -0.4 is 11.1 Å². The number of nitrogens with two attached hydrogens (primary N) is 1. The highest BCUT2D eigenvalue weighted by molar-refractivity contribution is 5.82. The minimum absolute atomic E-state index is 0.0583. The van der Waals surface area contributed by atoms with Crippen molar-refractivity contribution in [3.63, 3.8) is 0 Å². The Morgan fingerprint density at radius 3 is 2.72 bits per heavy atom. The fourth-order valence-electron chi connectivity index (χ4n) is 1.64. The molecule has 0 saturated carbocycles. The molecule has 0 bridgehead atoms. The topological polar surface area (TPSA) is 103 Å². The Hall–Kier alpha value is -1.92. The van der Waals surface area contributed by atoms with Crippen LogP contribution in [0.2, 0.25) is 0 Å². The van der Waals surface area contributed by atoms with E-state index in [0.29, 0.717) is 13.0 Å². The summed E-state index contributed by atoms with van der Waals surface area (Å²) in [5, 5.41) is 6.89. The quantitative estimate of drug-likeness (QED) is 0.720. The molecule has 0 aromatic carbocycles. The summed E-state index contributed by atoms with van der Waals surface area (Å²) in [5.74, 6) is 0.0497. The number of primary amides is 1. The third kappa shape index (κ3) is 3.83. The Kier molecular flexibility index (Phi) is 5.29. The number of rotatable bonds is 7. The zero-order valence-corrected chi connectivity index (χ0v) is 10.7. The lowest BCUT2D eigenvalue weighted by molar-refractivity contribution is -0.125. The summed E-state index contributed by atoms with van der Waals surface area (Å²) in [6.45, 7) is 4.61. The van der Waals surface area contributed by atoms with Crippen LogP contribution in [0.25, 0.3) is 0 Å². The van der Waals surface area contributed by atoms with Crippen molar-refractivity contribution in [2.24, 2.45) is 5.73 Å². The second kappa shape index (κ2) is 6.73. The second-order valence-corrected chi connectivity index (χ2v) is 3.93. The Balaban J connectivity index is 2.62.